The molecule has 0 aromatic carbocycles. The van der Waals surface area contributed by atoms with Crippen molar-refractivity contribution in [1.29, 1.82) is 0 Å². The molecular weight excluding hydrogens is 172 g/mol. The summed E-state index contributed by atoms with van der Waals surface area (Å²) in [7, 11) is 1.62. The second-order valence-corrected chi connectivity index (χ2v) is 2.42. The summed E-state index contributed by atoms with van der Waals surface area (Å²) in [4.78, 5) is 10.5. The van der Waals surface area contributed by atoms with Crippen molar-refractivity contribution in [2.45, 2.75) is 19.4 Å². The summed E-state index contributed by atoms with van der Waals surface area (Å²) in [5, 5.41) is 0. The predicted molar refractivity (Wildman–Crippen MR) is 48.2 cm³/mol. The summed E-state index contributed by atoms with van der Waals surface area (Å²) in [6, 6.07) is 0. The van der Waals surface area contributed by atoms with Crippen molar-refractivity contribution in [3.05, 3.63) is 12.7 Å². The molecule has 0 radical (unpaired) electrons. The van der Waals surface area contributed by atoms with Gasteiger partial charge in [0.25, 0.3) is 0 Å². The molecular formula is C9H16O4. The Bertz CT molecular complexity index is 152. The Morgan fingerprint density at radius 3 is 2.77 bits per heavy atom. The van der Waals surface area contributed by atoms with Gasteiger partial charge in [0.05, 0.1) is 12.7 Å². The lowest BCUT2D eigenvalue weighted by atomic mass is 10.3. The van der Waals surface area contributed by atoms with Crippen LogP contribution in [0, 0.1) is 0 Å². The van der Waals surface area contributed by atoms with Gasteiger partial charge in [-0.1, -0.05) is 13.5 Å². The van der Waals surface area contributed by atoms with Gasteiger partial charge in [-0.3, -0.25) is 0 Å². The molecule has 0 amide bonds. The van der Waals surface area contributed by atoms with Crippen LogP contribution in [-0.4, -0.2) is 32.6 Å². The van der Waals surface area contributed by atoms with Crippen molar-refractivity contribution in [2.75, 3.05) is 20.5 Å². The summed E-state index contributed by atoms with van der Waals surface area (Å²) >= 11 is 0. The van der Waals surface area contributed by atoms with Gasteiger partial charge in [0.15, 0.2) is 6.79 Å². The quantitative estimate of drug-likeness (QED) is 0.260. The van der Waals surface area contributed by atoms with E-state index in [1.165, 1.54) is 0 Å². The van der Waals surface area contributed by atoms with E-state index in [-0.39, 0.29) is 12.9 Å². The molecule has 0 fully saturated rings. The van der Waals surface area contributed by atoms with Crippen LogP contribution in [0.15, 0.2) is 12.7 Å². The first-order chi connectivity index (χ1) is 6.24. The highest BCUT2D eigenvalue weighted by atomic mass is 16.7. The standard InChI is InChI=1S/C9H16O4/c1-4-8(11-3)6-12-7-13-9(10)5-2/h5,8H,2,4,6-7H2,1,3H3. The maximum atomic E-state index is 10.5. The van der Waals surface area contributed by atoms with E-state index in [1.54, 1.807) is 7.11 Å². The largest absolute Gasteiger partial charge is 0.435 e. The Balaban J connectivity index is 3.33. The van der Waals surface area contributed by atoms with E-state index >= 15 is 0 Å². The third kappa shape index (κ3) is 6.31. The van der Waals surface area contributed by atoms with E-state index < -0.39 is 5.97 Å². The van der Waals surface area contributed by atoms with Crippen LogP contribution in [-0.2, 0) is 19.0 Å². The minimum Gasteiger partial charge on any atom is -0.435 e. The average Bonchev–Trinajstić information content (AvgIpc) is 2.18. The SMILES string of the molecule is C=CC(=O)OCOCC(CC)OC. The van der Waals surface area contributed by atoms with Crippen molar-refractivity contribution in [3.8, 4) is 0 Å². The minimum absolute atomic E-state index is 0.0509. The highest BCUT2D eigenvalue weighted by Gasteiger charge is 2.03. The van der Waals surface area contributed by atoms with Gasteiger partial charge in [0.1, 0.15) is 0 Å². The fourth-order valence-corrected chi connectivity index (χ4v) is 0.691. The smallest absolute Gasteiger partial charge is 0.332 e. The van der Waals surface area contributed by atoms with Gasteiger partial charge in [0.2, 0.25) is 0 Å². The third-order valence-electron chi connectivity index (χ3n) is 1.54. The molecule has 0 aromatic heterocycles. The van der Waals surface area contributed by atoms with E-state index in [0.29, 0.717) is 6.61 Å². The van der Waals surface area contributed by atoms with E-state index in [1.807, 2.05) is 6.92 Å². The normalized spacial score (nSPS) is 12.2. The van der Waals surface area contributed by atoms with Crippen molar-refractivity contribution in [1.82, 2.24) is 0 Å². The third-order valence-corrected chi connectivity index (χ3v) is 1.54. The summed E-state index contributed by atoms with van der Waals surface area (Å²) in [5.74, 6) is -0.481. The molecule has 0 aliphatic heterocycles. The number of carbonyl (C=O) groups is 1. The summed E-state index contributed by atoms with van der Waals surface area (Å²) in [5.41, 5.74) is 0. The number of ether oxygens (including phenoxy) is 3. The molecule has 76 valence electrons. The molecule has 0 saturated heterocycles. The average molecular weight is 188 g/mol. The van der Waals surface area contributed by atoms with Crippen LogP contribution in [0.2, 0.25) is 0 Å². The molecule has 0 aliphatic rings. The molecule has 0 spiro atoms. The summed E-state index contributed by atoms with van der Waals surface area (Å²) in [6.07, 6.45) is 2.02. The van der Waals surface area contributed by atoms with Crippen LogP contribution in [0.3, 0.4) is 0 Å². The lowest BCUT2D eigenvalue weighted by molar-refractivity contribution is -0.153. The van der Waals surface area contributed by atoms with Crippen LogP contribution < -0.4 is 0 Å². The fraction of sp³-hybridized carbons (Fsp3) is 0.667. The predicted octanol–water partition coefficient (Wildman–Crippen LogP) is 1.11. The van der Waals surface area contributed by atoms with Gasteiger partial charge >= 0.3 is 5.97 Å². The summed E-state index contributed by atoms with van der Waals surface area (Å²) in [6.45, 7) is 5.62. The monoisotopic (exact) mass is 188 g/mol. The highest BCUT2D eigenvalue weighted by Crippen LogP contribution is 1.96. The van der Waals surface area contributed by atoms with Gasteiger partial charge in [-0.15, -0.1) is 0 Å². The van der Waals surface area contributed by atoms with Crippen molar-refractivity contribution in [2.24, 2.45) is 0 Å². The number of rotatable bonds is 7. The molecule has 0 aromatic rings. The first-order valence-electron chi connectivity index (χ1n) is 4.14. The molecule has 4 heteroatoms. The number of carbonyl (C=O) groups excluding carboxylic acids is 1. The number of hydrogen-bond donors (Lipinski definition) is 0. The van der Waals surface area contributed by atoms with Crippen molar-refractivity contribution < 1.29 is 19.0 Å². The van der Waals surface area contributed by atoms with Crippen LogP contribution in [0.5, 0.6) is 0 Å². The van der Waals surface area contributed by atoms with Crippen LogP contribution in [0.1, 0.15) is 13.3 Å². The van der Waals surface area contributed by atoms with Gasteiger partial charge in [0, 0.05) is 13.2 Å². The van der Waals surface area contributed by atoms with E-state index in [2.05, 4.69) is 11.3 Å². The van der Waals surface area contributed by atoms with Crippen molar-refractivity contribution >= 4 is 5.97 Å². The van der Waals surface area contributed by atoms with Crippen LogP contribution in [0.25, 0.3) is 0 Å². The Morgan fingerprint density at radius 1 is 1.62 bits per heavy atom. The zero-order chi connectivity index (χ0) is 10.1. The fourth-order valence-electron chi connectivity index (χ4n) is 0.691. The molecule has 1 atom stereocenters. The molecule has 0 heterocycles. The number of esters is 1. The molecule has 0 aliphatic carbocycles. The van der Waals surface area contributed by atoms with Gasteiger partial charge in [-0.25, -0.2) is 4.79 Å². The Kier molecular flexibility index (Phi) is 7.24. The van der Waals surface area contributed by atoms with Gasteiger partial charge in [-0.05, 0) is 6.42 Å². The molecule has 0 rings (SSSR count). The van der Waals surface area contributed by atoms with Crippen LogP contribution in [0.4, 0.5) is 0 Å². The van der Waals surface area contributed by atoms with E-state index in [9.17, 15) is 4.79 Å². The first-order valence-corrected chi connectivity index (χ1v) is 4.14. The highest BCUT2D eigenvalue weighted by molar-refractivity contribution is 5.81. The maximum absolute atomic E-state index is 10.5. The topological polar surface area (TPSA) is 44.8 Å². The molecule has 0 saturated carbocycles. The van der Waals surface area contributed by atoms with Gasteiger partial charge < -0.3 is 14.2 Å². The maximum Gasteiger partial charge on any atom is 0.332 e. The Hall–Kier alpha value is -0.870. The molecule has 0 N–H and O–H groups in total. The number of hydrogen-bond acceptors (Lipinski definition) is 4. The van der Waals surface area contributed by atoms with E-state index in [0.717, 1.165) is 12.5 Å². The van der Waals surface area contributed by atoms with Crippen LogP contribution >= 0.6 is 0 Å². The van der Waals surface area contributed by atoms with E-state index in [4.69, 9.17) is 9.47 Å². The van der Waals surface area contributed by atoms with Crippen molar-refractivity contribution in [3.63, 3.8) is 0 Å². The molecule has 4 nitrogen and oxygen atoms in total. The molecule has 13 heavy (non-hydrogen) atoms. The lowest BCUT2D eigenvalue weighted by Crippen LogP contribution is -2.18. The zero-order valence-corrected chi connectivity index (χ0v) is 8.12. The second-order valence-electron chi connectivity index (χ2n) is 2.42. The second kappa shape index (κ2) is 7.76. The zero-order valence-electron chi connectivity index (χ0n) is 8.12. The summed E-state index contributed by atoms with van der Waals surface area (Å²) < 4.78 is 14.7. The first kappa shape index (κ1) is 12.1. The minimum atomic E-state index is -0.481. The lowest BCUT2D eigenvalue weighted by Gasteiger charge is -2.12. The van der Waals surface area contributed by atoms with Gasteiger partial charge in [-0.2, -0.15) is 0 Å². The molecule has 1 unspecified atom stereocenters. The number of methoxy groups -OCH3 is 1. The Morgan fingerprint density at radius 2 is 2.31 bits per heavy atom. The molecule has 0 bridgehead atoms. The Labute approximate surface area is 78.5 Å².